The van der Waals surface area contributed by atoms with Crippen LogP contribution in [0, 0.1) is 11.6 Å². The molecule has 0 spiro atoms. The van der Waals surface area contributed by atoms with E-state index in [-0.39, 0.29) is 12.1 Å². The van der Waals surface area contributed by atoms with Crippen molar-refractivity contribution in [2.75, 3.05) is 6.54 Å². The molecule has 72 valence electrons. The molecule has 0 saturated heterocycles. The quantitative estimate of drug-likeness (QED) is 0.750. The standard InChI is InChI=1S/C9H11F2NO/c10-7-3-6(4-8(11)5-7)9(13)1-2-12/h3-5,9,13H,1-2,12H2/t9-/m1/s1. The average molecular weight is 187 g/mol. The van der Waals surface area contributed by atoms with Gasteiger partial charge in [0, 0.05) is 6.07 Å². The van der Waals surface area contributed by atoms with E-state index in [0.717, 1.165) is 18.2 Å². The van der Waals surface area contributed by atoms with Crippen LogP contribution in [0.2, 0.25) is 0 Å². The Morgan fingerprint density at radius 2 is 1.77 bits per heavy atom. The van der Waals surface area contributed by atoms with Crippen LogP contribution in [0.1, 0.15) is 18.1 Å². The normalized spacial score (nSPS) is 12.9. The fourth-order valence-electron chi connectivity index (χ4n) is 1.09. The van der Waals surface area contributed by atoms with E-state index >= 15 is 0 Å². The molecule has 0 bridgehead atoms. The van der Waals surface area contributed by atoms with Crippen molar-refractivity contribution in [1.82, 2.24) is 0 Å². The highest BCUT2D eigenvalue weighted by Crippen LogP contribution is 2.18. The van der Waals surface area contributed by atoms with Gasteiger partial charge < -0.3 is 10.8 Å². The number of nitrogens with two attached hydrogens (primary N) is 1. The van der Waals surface area contributed by atoms with Crippen LogP contribution in [0.25, 0.3) is 0 Å². The molecular formula is C9H11F2NO. The summed E-state index contributed by atoms with van der Waals surface area (Å²) >= 11 is 0. The van der Waals surface area contributed by atoms with E-state index in [1.54, 1.807) is 0 Å². The smallest absolute Gasteiger partial charge is 0.126 e. The summed E-state index contributed by atoms with van der Waals surface area (Å²) in [6.45, 7) is 0.277. The molecule has 1 aromatic carbocycles. The van der Waals surface area contributed by atoms with Gasteiger partial charge >= 0.3 is 0 Å². The number of hydrogen-bond acceptors (Lipinski definition) is 2. The number of halogens is 2. The summed E-state index contributed by atoms with van der Waals surface area (Å²) in [5, 5.41) is 9.36. The van der Waals surface area contributed by atoms with Crippen LogP contribution in [0.3, 0.4) is 0 Å². The van der Waals surface area contributed by atoms with Crippen LogP contribution in [0.5, 0.6) is 0 Å². The predicted molar refractivity (Wildman–Crippen MR) is 45.0 cm³/mol. The van der Waals surface area contributed by atoms with Crippen molar-refractivity contribution in [1.29, 1.82) is 0 Å². The van der Waals surface area contributed by atoms with E-state index in [9.17, 15) is 13.9 Å². The first kappa shape index (κ1) is 10.1. The average Bonchev–Trinajstić information content (AvgIpc) is 2.03. The van der Waals surface area contributed by atoms with Crippen molar-refractivity contribution in [2.24, 2.45) is 5.73 Å². The Balaban J connectivity index is 2.87. The Labute approximate surface area is 75.0 Å². The summed E-state index contributed by atoms with van der Waals surface area (Å²) in [6.07, 6.45) is -0.599. The number of aliphatic hydroxyl groups is 1. The summed E-state index contributed by atoms with van der Waals surface area (Å²) < 4.78 is 25.3. The molecule has 1 aromatic rings. The zero-order chi connectivity index (χ0) is 9.84. The molecular weight excluding hydrogens is 176 g/mol. The van der Waals surface area contributed by atoms with Crippen LogP contribution in [0.15, 0.2) is 18.2 Å². The van der Waals surface area contributed by atoms with Gasteiger partial charge in [-0.2, -0.15) is 0 Å². The van der Waals surface area contributed by atoms with Crippen LogP contribution < -0.4 is 5.73 Å². The van der Waals surface area contributed by atoms with Gasteiger partial charge in [-0.05, 0) is 30.7 Å². The number of benzene rings is 1. The van der Waals surface area contributed by atoms with Crippen molar-refractivity contribution in [3.05, 3.63) is 35.4 Å². The number of rotatable bonds is 3. The molecule has 0 saturated carbocycles. The molecule has 0 heterocycles. The van der Waals surface area contributed by atoms with Gasteiger partial charge in [0.15, 0.2) is 0 Å². The minimum absolute atomic E-state index is 0.225. The minimum Gasteiger partial charge on any atom is -0.388 e. The highest BCUT2D eigenvalue weighted by Gasteiger charge is 2.08. The van der Waals surface area contributed by atoms with E-state index in [1.165, 1.54) is 0 Å². The maximum absolute atomic E-state index is 12.6. The first-order valence-electron chi connectivity index (χ1n) is 3.97. The molecule has 1 atom stereocenters. The van der Waals surface area contributed by atoms with Crippen molar-refractivity contribution in [3.63, 3.8) is 0 Å². The van der Waals surface area contributed by atoms with Crippen molar-refractivity contribution in [2.45, 2.75) is 12.5 Å². The Hall–Kier alpha value is -1.00. The summed E-state index contributed by atoms with van der Waals surface area (Å²) in [4.78, 5) is 0. The first-order valence-corrected chi connectivity index (χ1v) is 3.97. The molecule has 0 aliphatic carbocycles. The van der Waals surface area contributed by atoms with Gasteiger partial charge in [-0.25, -0.2) is 8.78 Å². The third-order valence-electron chi connectivity index (χ3n) is 1.71. The molecule has 0 radical (unpaired) electrons. The summed E-state index contributed by atoms with van der Waals surface area (Å²) in [6, 6.07) is 2.96. The maximum atomic E-state index is 12.6. The molecule has 13 heavy (non-hydrogen) atoms. The summed E-state index contributed by atoms with van der Waals surface area (Å²) in [5.74, 6) is -1.38. The summed E-state index contributed by atoms with van der Waals surface area (Å²) in [5.41, 5.74) is 5.42. The highest BCUT2D eigenvalue weighted by atomic mass is 19.1. The lowest BCUT2D eigenvalue weighted by atomic mass is 10.1. The topological polar surface area (TPSA) is 46.2 Å². The third-order valence-corrected chi connectivity index (χ3v) is 1.71. The van der Waals surface area contributed by atoms with Crippen molar-refractivity contribution in [3.8, 4) is 0 Å². The van der Waals surface area contributed by atoms with Gasteiger partial charge in [0.1, 0.15) is 11.6 Å². The van der Waals surface area contributed by atoms with Gasteiger partial charge in [-0.15, -0.1) is 0 Å². The second kappa shape index (κ2) is 4.30. The van der Waals surface area contributed by atoms with Crippen molar-refractivity contribution >= 4 is 0 Å². The van der Waals surface area contributed by atoms with Crippen LogP contribution in [-0.2, 0) is 0 Å². The van der Waals surface area contributed by atoms with Gasteiger partial charge in [0.05, 0.1) is 6.10 Å². The van der Waals surface area contributed by atoms with E-state index in [1.807, 2.05) is 0 Å². The summed E-state index contributed by atoms with van der Waals surface area (Å²) in [7, 11) is 0. The largest absolute Gasteiger partial charge is 0.388 e. The molecule has 0 unspecified atom stereocenters. The second-order valence-electron chi connectivity index (χ2n) is 2.80. The van der Waals surface area contributed by atoms with Crippen LogP contribution in [-0.4, -0.2) is 11.7 Å². The van der Waals surface area contributed by atoms with Gasteiger partial charge in [-0.3, -0.25) is 0 Å². The van der Waals surface area contributed by atoms with E-state index < -0.39 is 17.7 Å². The fourth-order valence-corrected chi connectivity index (χ4v) is 1.09. The molecule has 0 aliphatic heterocycles. The monoisotopic (exact) mass is 187 g/mol. The SMILES string of the molecule is NCC[C@@H](O)c1cc(F)cc(F)c1. The van der Waals surface area contributed by atoms with Crippen molar-refractivity contribution < 1.29 is 13.9 Å². The van der Waals surface area contributed by atoms with Crippen LogP contribution in [0.4, 0.5) is 8.78 Å². The molecule has 4 heteroatoms. The molecule has 0 aromatic heterocycles. The maximum Gasteiger partial charge on any atom is 0.126 e. The lowest BCUT2D eigenvalue weighted by molar-refractivity contribution is 0.169. The first-order chi connectivity index (χ1) is 6.13. The van der Waals surface area contributed by atoms with Gasteiger partial charge in [-0.1, -0.05) is 0 Å². The number of hydrogen-bond donors (Lipinski definition) is 2. The number of aliphatic hydroxyl groups excluding tert-OH is 1. The molecule has 0 amide bonds. The molecule has 0 fully saturated rings. The lowest BCUT2D eigenvalue weighted by Gasteiger charge is -2.09. The fraction of sp³-hybridized carbons (Fsp3) is 0.333. The lowest BCUT2D eigenvalue weighted by Crippen LogP contribution is -2.07. The van der Waals surface area contributed by atoms with E-state index in [0.29, 0.717) is 6.42 Å². The molecule has 1 rings (SSSR count). The molecule has 3 N–H and O–H groups in total. The Morgan fingerprint density at radius 1 is 1.23 bits per heavy atom. The Bertz CT molecular complexity index is 271. The Morgan fingerprint density at radius 3 is 2.23 bits per heavy atom. The third kappa shape index (κ3) is 2.75. The highest BCUT2D eigenvalue weighted by molar-refractivity contribution is 5.20. The predicted octanol–water partition coefficient (Wildman–Crippen LogP) is 1.35. The van der Waals surface area contributed by atoms with E-state index in [4.69, 9.17) is 5.73 Å². The molecule has 2 nitrogen and oxygen atoms in total. The van der Waals surface area contributed by atoms with Gasteiger partial charge in [0.25, 0.3) is 0 Å². The molecule has 0 aliphatic rings. The van der Waals surface area contributed by atoms with Crippen LogP contribution >= 0.6 is 0 Å². The minimum atomic E-state index is -0.893. The second-order valence-corrected chi connectivity index (χ2v) is 2.80. The Kier molecular flexibility index (Phi) is 3.33. The zero-order valence-electron chi connectivity index (χ0n) is 7.00. The zero-order valence-corrected chi connectivity index (χ0v) is 7.00. The van der Waals surface area contributed by atoms with Gasteiger partial charge in [0.2, 0.25) is 0 Å². The van der Waals surface area contributed by atoms with E-state index in [2.05, 4.69) is 0 Å².